The number of hydrogen-bond acceptors (Lipinski definition) is 5. The van der Waals surface area contributed by atoms with Gasteiger partial charge in [0.25, 0.3) is 5.91 Å². The maximum atomic E-state index is 12.8. The highest BCUT2D eigenvalue weighted by atomic mass is 32.1. The zero-order chi connectivity index (χ0) is 17.1. The van der Waals surface area contributed by atoms with Crippen molar-refractivity contribution in [1.29, 1.82) is 0 Å². The summed E-state index contributed by atoms with van der Waals surface area (Å²) in [7, 11) is 0. The van der Waals surface area contributed by atoms with Gasteiger partial charge in [0.2, 0.25) is 0 Å². The lowest BCUT2D eigenvalue weighted by Crippen LogP contribution is -2.43. The number of pyridine rings is 1. The van der Waals surface area contributed by atoms with Crippen LogP contribution < -0.4 is 0 Å². The van der Waals surface area contributed by atoms with Gasteiger partial charge < -0.3 is 9.64 Å². The second kappa shape index (κ2) is 7.62. The van der Waals surface area contributed by atoms with Gasteiger partial charge in [0.05, 0.1) is 24.1 Å². The molecule has 2 aromatic heterocycles. The number of nitrogens with zero attached hydrogens (tertiary/aromatic N) is 3. The minimum atomic E-state index is 0.0746. The SMILES string of the molecule is O=C(c1nc2c(s1)CCCC2)N1CCCC(OCc2ccccn2)C1. The van der Waals surface area contributed by atoms with E-state index < -0.39 is 0 Å². The fraction of sp³-hybridized carbons (Fsp3) is 0.526. The van der Waals surface area contributed by atoms with Crippen LogP contribution in [0.3, 0.4) is 0 Å². The Kier molecular flexibility index (Phi) is 5.08. The van der Waals surface area contributed by atoms with Crippen LogP contribution in [0.15, 0.2) is 24.4 Å². The fourth-order valence-corrected chi connectivity index (χ4v) is 4.64. The van der Waals surface area contributed by atoms with E-state index in [2.05, 4.69) is 9.97 Å². The van der Waals surface area contributed by atoms with Crippen LogP contribution in [0.1, 0.15) is 51.8 Å². The number of ether oxygens (including phenoxy) is 1. The largest absolute Gasteiger partial charge is 0.370 e. The standard InChI is InChI=1S/C19H23N3O2S/c23-19(18-21-16-8-1-2-9-17(16)25-18)22-11-5-7-15(12-22)24-13-14-6-3-4-10-20-14/h3-4,6,10,15H,1-2,5,7-9,11-13H2. The summed E-state index contributed by atoms with van der Waals surface area (Å²) in [5.41, 5.74) is 2.08. The Morgan fingerprint density at radius 2 is 2.20 bits per heavy atom. The molecule has 1 fully saturated rings. The van der Waals surface area contributed by atoms with Gasteiger partial charge in [-0.25, -0.2) is 4.98 Å². The second-order valence-electron chi connectivity index (χ2n) is 6.74. The van der Waals surface area contributed by atoms with E-state index in [-0.39, 0.29) is 12.0 Å². The van der Waals surface area contributed by atoms with Gasteiger partial charge >= 0.3 is 0 Å². The predicted octanol–water partition coefficient (Wildman–Crippen LogP) is 3.24. The molecule has 0 aromatic carbocycles. The maximum Gasteiger partial charge on any atom is 0.282 e. The number of likely N-dealkylation sites (tertiary alicyclic amines) is 1. The lowest BCUT2D eigenvalue weighted by Gasteiger charge is -2.32. The highest BCUT2D eigenvalue weighted by molar-refractivity contribution is 7.13. The number of carbonyl (C=O) groups excluding carboxylic acids is 1. The van der Waals surface area contributed by atoms with Gasteiger partial charge in [0, 0.05) is 24.2 Å². The number of aryl methyl sites for hydroxylation is 2. The summed E-state index contributed by atoms with van der Waals surface area (Å²) in [6.07, 6.45) is 8.33. The number of piperidine rings is 1. The van der Waals surface area contributed by atoms with Gasteiger partial charge in [-0.2, -0.15) is 0 Å². The van der Waals surface area contributed by atoms with Crippen molar-refractivity contribution in [2.45, 2.75) is 51.2 Å². The number of hydrogen-bond donors (Lipinski definition) is 0. The molecule has 1 amide bonds. The summed E-state index contributed by atoms with van der Waals surface area (Å²) >= 11 is 1.60. The molecule has 6 heteroatoms. The fourth-order valence-electron chi connectivity index (χ4n) is 3.52. The first-order chi connectivity index (χ1) is 12.3. The molecular formula is C19H23N3O2S. The summed E-state index contributed by atoms with van der Waals surface area (Å²) in [5.74, 6) is 0.0746. The molecule has 1 aliphatic heterocycles. The molecule has 1 aliphatic carbocycles. The van der Waals surface area contributed by atoms with Gasteiger partial charge in [-0.3, -0.25) is 9.78 Å². The van der Waals surface area contributed by atoms with E-state index in [1.807, 2.05) is 23.1 Å². The number of aromatic nitrogens is 2. The van der Waals surface area contributed by atoms with Crippen molar-refractivity contribution in [2.75, 3.05) is 13.1 Å². The minimum Gasteiger partial charge on any atom is -0.370 e. The quantitative estimate of drug-likeness (QED) is 0.843. The average molecular weight is 357 g/mol. The molecule has 4 rings (SSSR count). The van der Waals surface area contributed by atoms with E-state index in [4.69, 9.17) is 4.74 Å². The van der Waals surface area contributed by atoms with Gasteiger partial charge in [0.1, 0.15) is 0 Å². The molecule has 5 nitrogen and oxygen atoms in total. The molecule has 132 valence electrons. The van der Waals surface area contributed by atoms with Crippen molar-refractivity contribution in [1.82, 2.24) is 14.9 Å². The predicted molar refractivity (Wildman–Crippen MR) is 96.7 cm³/mol. The topological polar surface area (TPSA) is 55.3 Å². The van der Waals surface area contributed by atoms with Crippen molar-refractivity contribution in [3.8, 4) is 0 Å². The van der Waals surface area contributed by atoms with Crippen LogP contribution in [0.25, 0.3) is 0 Å². The van der Waals surface area contributed by atoms with Crippen LogP contribution in [0.5, 0.6) is 0 Å². The first kappa shape index (κ1) is 16.7. The molecular weight excluding hydrogens is 334 g/mol. The Bertz CT molecular complexity index is 708. The highest BCUT2D eigenvalue weighted by Crippen LogP contribution is 2.28. The van der Waals surface area contributed by atoms with Crippen LogP contribution in [-0.2, 0) is 24.2 Å². The van der Waals surface area contributed by atoms with Gasteiger partial charge in [-0.05, 0) is 50.7 Å². The third-order valence-corrected chi connectivity index (χ3v) is 6.03. The summed E-state index contributed by atoms with van der Waals surface area (Å²) in [5, 5.41) is 0.664. The number of amides is 1. The molecule has 1 unspecified atom stereocenters. The van der Waals surface area contributed by atoms with Crippen LogP contribution in [0.2, 0.25) is 0 Å². The van der Waals surface area contributed by atoms with Crippen LogP contribution >= 0.6 is 11.3 Å². The van der Waals surface area contributed by atoms with Crippen molar-refractivity contribution in [3.63, 3.8) is 0 Å². The summed E-state index contributed by atoms with van der Waals surface area (Å²) < 4.78 is 5.99. The third kappa shape index (κ3) is 3.90. The zero-order valence-corrected chi connectivity index (χ0v) is 15.1. The average Bonchev–Trinajstić information content (AvgIpc) is 3.11. The Morgan fingerprint density at radius 3 is 3.04 bits per heavy atom. The van der Waals surface area contributed by atoms with Crippen molar-refractivity contribution in [2.24, 2.45) is 0 Å². The molecule has 1 saturated heterocycles. The van der Waals surface area contributed by atoms with Crippen LogP contribution in [0, 0.1) is 0 Å². The smallest absolute Gasteiger partial charge is 0.282 e. The minimum absolute atomic E-state index is 0.0746. The molecule has 0 saturated carbocycles. The molecule has 25 heavy (non-hydrogen) atoms. The van der Waals surface area contributed by atoms with Crippen molar-refractivity contribution in [3.05, 3.63) is 45.7 Å². The Labute approximate surface area is 152 Å². The first-order valence-corrected chi connectivity index (χ1v) is 9.90. The van der Waals surface area contributed by atoms with Crippen LogP contribution in [-0.4, -0.2) is 40.0 Å². The Hall–Kier alpha value is -1.79. The van der Waals surface area contributed by atoms with Crippen LogP contribution in [0.4, 0.5) is 0 Å². The third-order valence-electron chi connectivity index (χ3n) is 4.89. The molecule has 0 spiro atoms. The van der Waals surface area contributed by atoms with Gasteiger partial charge in [0.15, 0.2) is 5.01 Å². The Morgan fingerprint density at radius 1 is 1.28 bits per heavy atom. The molecule has 0 radical (unpaired) electrons. The summed E-state index contributed by atoms with van der Waals surface area (Å²) in [6.45, 7) is 1.95. The molecule has 3 heterocycles. The van der Waals surface area contributed by atoms with Crippen molar-refractivity contribution >= 4 is 17.2 Å². The zero-order valence-electron chi connectivity index (χ0n) is 14.3. The van der Waals surface area contributed by atoms with E-state index >= 15 is 0 Å². The number of thiazole rings is 1. The second-order valence-corrected chi connectivity index (χ2v) is 7.83. The summed E-state index contributed by atoms with van der Waals surface area (Å²) in [6, 6.07) is 5.83. The molecule has 1 atom stereocenters. The summed E-state index contributed by atoms with van der Waals surface area (Å²) in [4.78, 5) is 25.0. The van der Waals surface area contributed by atoms with E-state index in [9.17, 15) is 4.79 Å². The number of carbonyl (C=O) groups is 1. The van der Waals surface area contributed by atoms with E-state index in [0.717, 1.165) is 43.6 Å². The number of fused-ring (bicyclic) bond motifs is 1. The lowest BCUT2D eigenvalue weighted by molar-refractivity contribution is -0.00786. The molecule has 2 aromatic rings. The van der Waals surface area contributed by atoms with Gasteiger partial charge in [-0.15, -0.1) is 11.3 Å². The molecule has 0 N–H and O–H groups in total. The number of rotatable bonds is 4. The molecule has 2 aliphatic rings. The van der Waals surface area contributed by atoms with Crippen molar-refractivity contribution < 1.29 is 9.53 Å². The molecule has 0 bridgehead atoms. The first-order valence-electron chi connectivity index (χ1n) is 9.09. The lowest BCUT2D eigenvalue weighted by atomic mass is 10.0. The van der Waals surface area contributed by atoms with E-state index in [1.54, 1.807) is 17.5 Å². The van der Waals surface area contributed by atoms with E-state index in [0.29, 0.717) is 18.2 Å². The van der Waals surface area contributed by atoms with E-state index in [1.165, 1.54) is 17.7 Å². The van der Waals surface area contributed by atoms with Gasteiger partial charge in [-0.1, -0.05) is 6.07 Å². The monoisotopic (exact) mass is 357 g/mol. The maximum absolute atomic E-state index is 12.8. The highest BCUT2D eigenvalue weighted by Gasteiger charge is 2.28. The normalized spacial score (nSPS) is 20.3. The Balaban J connectivity index is 1.37.